The van der Waals surface area contributed by atoms with E-state index in [1.165, 1.54) is 0 Å². The molecule has 0 aromatic heterocycles. The molecule has 1 fully saturated rings. The lowest BCUT2D eigenvalue weighted by molar-refractivity contribution is -0.136. The number of piperidine rings is 1. The minimum atomic E-state index is -0.655. The zero-order valence-corrected chi connectivity index (χ0v) is 21.6. The van der Waals surface area contributed by atoms with Gasteiger partial charge in [0.2, 0.25) is 11.8 Å². The van der Waals surface area contributed by atoms with E-state index in [1.54, 1.807) is 18.2 Å². The Balaban J connectivity index is 1.33. The van der Waals surface area contributed by atoms with E-state index in [1.807, 2.05) is 53.5 Å². The third kappa shape index (κ3) is 7.58. The second kappa shape index (κ2) is 13.6. The molecule has 0 saturated carbocycles. The Labute approximate surface area is 223 Å². The Kier molecular flexibility index (Phi) is 9.75. The molecule has 2 aromatic carbocycles. The lowest BCUT2D eigenvalue weighted by Crippen LogP contribution is -2.54. The number of amides is 3. The van der Waals surface area contributed by atoms with Gasteiger partial charge in [0.25, 0.3) is 5.91 Å². The highest BCUT2D eigenvalue weighted by Crippen LogP contribution is 2.34. The van der Waals surface area contributed by atoms with Gasteiger partial charge in [0, 0.05) is 19.6 Å². The molecule has 0 radical (unpaired) electrons. The van der Waals surface area contributed by atoms with Crippen molar-refractivity contribution in [2.75, 3.05) is 52.5 Å². The van der Waals surface area contributed by atoms with Crippen LogP contribution in [0.25, 0.3) is 0 Å². The molecule has 4 rings (SSSR count). The van der Waals surface area contributed by atoms with E-state index in [0.717, 1.165) is 25.1 Å². The van der Waals surface area contributed by atoms with E-state index >= 15 is 0 Å². The fourth-order valence-electron chi connectivity index (χ4n) is 4.87. The van der Waals surface area contributed by atoms with Crippen LogP contribution in [-0.4, -0.2) is 75.1 Å². The van der Waals surface area contributed by atoms with E-state index in [0.29, 0.717) is 57.1 Å². The molecular formula is C29H36N4O5. The van der Waals surface area contributed by atoms with Crippen molar-refractivity contribution in [2.45, 2.75) is 19.3 Å². The lowest BCUT2D eigenvalue weighted by Gasteiger charge is -2.41. The van der Waals surface area contributed by atoms with Gasteiger partial charge in [0.05, 0.1) is 24.1 Å². The van der Waals surface area contributed by atoms with Gasteiger partial charge in [0.1, 0.15) is 24.7 Å². The number of ether oxygens (including phenoxy) is 2. The summed E-state index contributed by atoms with van der Waals surface area (Å²) in [5.74, 6) is 0.896. The van der Waals surface area contributed by atoms with E-state index in [4.69, 9.17) is 9.47 Å². The zero-order valence-electron chi connectivity index (χ0n) is 21.6. The molecule has 9 heteroatoms. The minimum absolute atomic E-state index is 0.0591. The van der Waals surface area contributed by atoms with Crippen LogP contribution >= 0.6 is 0 Å². The molecule has 1 unspecified atom stereocenters. The number of nitrogens with one attached hydrogen (secondary N) is 3. The number of hydrogen-bond donors (Lipinski definition) is 3. The number of carbonyl (C=O) groups is 3. The molecule has 202 valence electrons. The van der Waals surface area contributed by atoms with Gasteiger partial charge in [0.15, 0.2) is 0 Å². The largest absolute Gasteiger partial charge is 0.492 e. The first-order chi connectivity index (χ1) is 18.6. The third-order valence-corrected chi connectivity index (χ3v) is 6.78. The van der Waals surface area contributed by atoms with Crippen LogP contribution in [0, 0.1) is 5.41 Å². The number of fused-ring (bicyclic) bond motifs is 1. The molecule has 0 aliphatic carbocycles. The molecule has 1 spiro atoms. The first kappa shape index (κ1) is 27.2. The molecule has 3 amide bonds. The maximum Gasteiger partial charge on any atom is 0.255 e. The number of likely N-dealkylation sites (tertiary alicyclic amines) is 1. The smallest absolute Gasteiger partial charge is 0.255 e. The maximum absolute atomic E-state index is 13.4. The van der Waals surface area contributed by atoms with Gasteiger partial charge < -0.3 is 25.4 Å². The van der Waals surface area contributed by atoms with Gasteiger partial charge in [-0.15, -0.1) is 0 Å². The summed E-state index contributed by atoms with van der Waals surface area (Å²) in [6.07, 6.45) is 5.93. The summed E-state index contributed by atoms with van der Waals surface area (Å²) in [6.45, 7) is 3.17. The number of rotatable bonds is 6. The van der Waals surface area contributed by atoms with E-state index in [-0.39, 0.29) is 24.3 Å². The molecule has 3 N–H and O–H groups in total. The van der Waals surface area contributed by atoms with E-state index in [9.17, 15) is 14.4 Å². The van der Waals surface area contributed by atoms with Gasteiger partial charge in [-0.1, -0.05) is 42.5 Å². The van der Waals surface area contributed by atoms with Crippen LogP contribution in [0.3, 0.4) is 0 Å². The number of allylic oxidation sites excluding steroid dienone is 1. The normalized spacial score (nSPS) is 21.7. The quantitative estimate of drug-likeness (QED) is 0.398. The molecule has 38 heavy (non-hydrogen) atoms. The Morgan fingerprint density at radius 1 is 1.03 bits per heavy atom. The average molecular weight is 521 g/mol. The number of benzene rings is 2. The Bertz CT molecular complexity index is 1120. The molecule has 2 aliphatic rings. The molecule has 2 heterocycles. The van der Waals surface area contributed by atoms with Crippen LogP contribution in [0.5, 0.6) is 11.5 Å². The lowest BCUT2D eigenvalue weighted by atomic mass is 9.76. The summed E-state index contributed by atoms with van der Waals surface area (Å²) in [5.41, 5.74) is -0.189. The second-order valence-corrected chi connectivity index (χ2v) is 9.60. The third-order valence-electron chi connectivity index (χ3n) is 6.78. The molecule has 1 saturated heterocycles. The summed E-state index contributed by atoms with van der Waals surface area (Å²) in [4.78, 5) is 40.6. The van der Waals surface area contributed by atoms with Gasteiger partial charge in [-0.25, -0.2) is 0 Å². The van der Waals surface area contributed by atoms with Crippen molar-refractivity contribution < 1.29 is 23.9 Å². The number of carbonyl (C=O) groups excluding carboxylic acids is 3. The Morgan fingerprint density at radius 2 is 1.82 bits per heavy atom. The number of hydrogen-bond acceptors (Lipinski definition) is 6. The van der Waals surface area contributed by atoms with Crippen molar-refractivity contribution in [1.82, 2.24) is 20.9 Å². The predicted octanol–water partition coefficient (Wildman–Crippen LogP) is 2.15. The number of nitrogens with zero attached hydrogens (tertiary/aromatic N) is 1. The van der Waals surface area contributed by atoms with Gasteiger partial charge in [-0.3, -0.25) is 19.3 Å². The Morgan fingerprint density at radius 3 is 2.68 bits per heavy atom. The second-order valence-electron chi connectivity index (χ2n) is 9.60. The fraction of sp³-hybridized carbons (Fsp3) is 0.414. The van der Waals surface area contributed by atoms with Crippen LogP contribution in [0.4, 0.5) is 0 Å². The van der Waals surface area contributed by atoms with Crippen molar-refractivity contribution in [3.63, 3.8) is 0 Å². The summed E-state index contributed by atoms with van der Waals surface area (Å²) < 4.78 is 11.5. The molecular weight excluding hydrogens is 484 g/mol. The van der Waals surface area contributed by atoms with Crippen molar-refractivity contribution in [3.05, 3.63) is 72.3 Å². The predicted molar refractivity (Wildman–Crippen MR) is 144 cm³/mol. The van der Waals surface area contributed by atoms with Crippen molar-refractivity contribution in [2.24, 2.45) is 5.41 Å². The van der Waals surface area contributed by atoms with E-state index < -0.39 is 5.41 Å². The standard InChI is InChI=1S/C29H36N4O5/c34-26(30-17-20-37-23-9-2-1-3-10-23)21-33-18-8-14-29(22-33)13-6-7-19-38-25-12-5-4-11-24(25)27(35)31-15-16-32-28(29)36/h1-7,9-12H,8,13-22H2,(H,30,34)(H,31,35)(H,32,36)/b7-6-. The van der Waals surface area contributed by atoms with Crippen molar-refractivity contribution in [3.8, 4) is 11.5 Å². The van der Waals surface area contributed by atoms with Crippen LogP contribution in [-0.2, 0) is 9.59 Å². The highest BCUT2D eigenvalue weighted by Gasteiger charge is 2.41. The molecule has 1 atom stereocenters. The number of para-hydroxylation sites is 2. The Hall–Kier alpha value is -3.85. The highest BCUT2D eigenvalue weighted by atomic mass is 16.5. The van der Waals surface area contributed by atoms with Crippen molar-refractivity contribution >= 4 is 17.7 Å². The monoisotopic (exact) mass is 520 g/mol. The first-order valence-electron chi connectivity index (χ1n) is 13.2. The molecule has 9 nitrogen and oxygen atoms in total. The summed E-state index contributed by atoms with van der Waals surface area (Å²) >= 11 is 0. The van der Waals surface area contributed by atoms with Gasteiger partial charge >= 0.3 is 0 Å². The van der Waals surface area contributed by atoms with E-state index in [2.05, 4.69) is 16.0 Å². The van der Waals surface area contributed by atoms with Gasteiger partial charge in [-0.05, 0) is 50.1 Å². The minimum Gasteiger partial charge on any atom is -0.492 e. The van der Waals surface area contributed by atoms with Crippen LogP contribution < -0.4 is 25.4 Å². The maximum atomic E-state index is 13.4. The summed E-state index contributed by atoms with van der Waals surface area (Å²) in [7, 11) is 0. The van der Waals surface area contributed by atoms with Gasteiger partial charge in [-0.2, -0.15) is 0 Å². The summed E-state index contributed by atoms with van der Waals surface area (Å²) in [5, 5.41) is 8.77. The average Bonchev–Trinajstić information content (AvgIpc) is 2.93. The SMILES string of the molecule is O=C(CN1CCCC2(C/C=C\COc3ccccc3C(=O)NCCNC2=O)C1)NCCOc1ccccc1. The van der Waals surface area contributed by atoms with Crippen LogP contribution in [0.2, 0.25) is 0 Å². The molecule has 2 aromatic rings. The van der Waals surface area contributed by atoms with Crippen LogP contribution in [0.1, 0.15) is 29.6 Å². The zero-order chi connectivity index (χ0) is 26.6. The fourth-order valence-corrected chi connectivity index (χ4v) is 4.87. The topological polar surface area (TPSA) is 109 Å². The summed E-state index contributed by atoms with van der Waals surface area (Å²) in [6, 6.07) is 16.6. The van der Waals surface area contributed by atoms with Crippen LogP contribution in [0.15, 0.2) is 66.7 Å². The molecule has 2 aliphatic heterocycles. The molecule has 0 bridgehead atoms. The van der Waals surface area contributed by atoms with Crippen molar-refractivity contribution in [1.29, 1.82) is 0 Å². The highest BCUT2D eigenvalue weighted by molar-refractivity contribution is 5.97. The first-order valence-corrected chi connectivity index (χ1v) is 13.2.